The molecule has 7 heteroatoms. The Hall–Kier alpha value is -2.80. The van der Waals surface area contributed by atoms with Crippen LogP contribution in [-0.4, -0.2) is 30.7 Å². The number of nitrogens with one attached hydrogen (secondary N) is 2. The Labute approximate surface area is 146 Å². The maximum atomic E-state index is 9.86. The first kappa shape index (κ1) is 17.6. The van der Waals surface area contributed by atoms with Crippen molar-refractivity contribution in [2.45, 2.75) is 6.54 Å². The van der Waals surface area contributed by atoms with Gasteiger partial charge in [-0.05, 0) is 29.9 Å². The Balaban J connectivity index is 1.92. The summed E-state index contributed by atoms with van der Waals surface area (Å²) in [4.78, 5) is 0. The second-order valence-electron chi connectivity index (χ2n) is 4.81. The third kappa shape index (κ3) is 4.85. The van der Waals surface area contributed by atoms with E-state index in [0.717, 1.165) is 5.56 Å². The van der Waals surface area contributed by atoms with Crippen molar-refractivity contribution in [3.8, 4) is 17.2 Å². The van der Waals surface area contributed by atoms with Crippen molar-refractivity contribution in [2.75, 3.05) is 14.2 Å². The summed E-state index contributed by atoms with van der Waals surface area (Å²) in [5, 5.41) is 17.4. The van der Waals surface area contributed by atoms with Crippen LogP contribution in [0.3, 0.4) is 0 Å². The molecule has 0 unspecified atom stereocenters. The van der Waals surface area contributed by atoms with Crippen molar-refractivity contribution < 1.29 is 14.6 Å². The predicted molar refractivity (Wildman–Crippen MR) is 97.8 cm³/mol. The number of hydrogen-bond acceptors (Lipinski definition) is 5. The number of thiocarbonyl (C=S) groups is 1. The number of methoxy groups -OCH3 is 2. The number of hydrogen-bond donors (Lipinski definition) is 3. The van der Waals surface area contributed by atoms with Crippen molar-refractivity contribution >= 4 is 23.5 Å². The summed E-state index contributed by atoms with van der Waals surface area (Å²) in [5.41, 5.74) is 4.55. The van der Waals surface area contributed by atoms with Crippen LogP contribution in [0.25, 0.3) is 0 Å². The first-order valence-electron chi connectivity index (χ1n) is 7.20. The molecule has 0 bridgehead atoms. The van der Waals surface area contributed by atoms with E-state index >= 15 is 0 Å². The fraction of sp³-hybridized carbons (Fsp3) is 0.176. The third-order valence-corrected chi connectivity index (χ3v) is 3.41. The maximum absolute atomic E-state index is 9.86. The Morgan fingerprint density at radius 1 is 1.17 bits per heavy atom. The number of hydrazone groups is 1. The molecule has 0 heterocycles. The molecule has 0 amide bonds. The molecule has 0 saturated carbocycles. The van der Waals surface area contributed by atoms with E-state index in [1.165, 1.54) is 14.2 Å². The van der Waals surface area contributed by atoms with Crippen LogP contribution in [0.5, 0.6) is 17.2 Å². The second-order valence-corrected chi connectivity index (χ2v) is 5.22. The van der Waals surface area contributed by atoms with Gasteiger partial charge in [0.1, 0.15) is 0 Å². The minimum absolute atomic E-state index is 0.0508. The number of rotatable bonds is 6. The van der Waals surface area contributed by atoms with E-state index in [1.54, 1.807) is 18.3 Å². The Morgan fingerprint density at radius 2 is 1.79 bits per heavy atom. The summed E-state index contributed by atoms with van der Waals surface area (Å²) in [7, 11) is 2.94. The monoisotopic (exact) mass is 345 g/mol. The molecule has 3 N–H and O–H groups in total. The molecule has 0 aromatic heterocycles. The molecule has 0 radical (unpaired) electrons. The Morgan fingerprint density at radius 3 is 2.38 bits per heavy atom. The average molecular weight is 345 g/mol. The van der Waals surface area contributed by atoms with E-state index in [4.69, 9.17) is 21.7 Å². The number of nitrogens with zero attached hydrogens (tertiary/aromatic N) is 1. The molecule has 0 fully saturated rings. The summed E-state index contributed by atoms with van der Waals surface area (Å²) >= 11 is 5.16. The van der Waals surface area contributed by atoms with E-state index < -0.39 is 0 Å². The van der Waals surface area contributed by atoms with Gasteiger partial charge in [-0.2, -0.15) is 5.10 Å². The lowest BCUT2D eigenvalue weighted by molar-refractivity contribution is 0.340. The molecule has 2 aromatic rings. The summed E-state index contributed by atoms with van der Waals surface area (Å²) in [6, 6.07) is 13.2. The summed E-state index contributed by atoms with van der Waals surface area (Å²) in [6.45, 7) is 0.614. The molecular weight excluding hydrogens is 326 g/mol. The molecule has 0 spiro atoms. The van der Waals surface area contributed by atoms with Crippen molar-refractivity contribution in [1.82, 2.24) is 10.7 Å². The van der Waals surface area contributed by atoms with Crippen LogP contribution >= 0.6 is 12.2 Å². The van der Waals surface area contributed by atoms with E-state index in [1.807, 2.05) is 30.3 Å². The smallest absolute Gasteiger partial charge is 0.200 e. The van der Waals surface area contributed by atoms with Gasteiger partial charge in [-0.15, -0.1) is 0 Å². The SMILES string of the molecule is COc1cc(/C=N/NC(=S)NCc2ccccc2)cc(OC)c1O. The van der Waals surface area contributed by atoms with Gasteiger partial charge in [0.05, 0.1) is 20.4 Å². The van der Waals surface area contributed by atoms with Gasteiger partial charge in [0.15, 0.2) is 16.6 Å². The van der Waals surface area contributed by atoms with Crippen molar-refractivity contribution in [1.29, 1.82) is 0 Å². The second kappa shape index (κ2) is 8.73. The third-order valence-electron chi connectivity index (χ3n) is 3.18. The van der Waals surface area contributed by atoms with E-state index in [0.29, 0.717) is 28.7 Å². The molecule has 2 rings (SSSR count). The first-order valence-corrected chi connectivity index (χ1v) is 7.60. The van der Waals surface area contributed by atoms with Gasteiger partial charge < -0.3 is 19.9 Å². The number of aromatic hydroxyl groups is 1. The zero-order valence-electron chi connectivity index (χ0n) is 13.4. The number of phenols is 1. The first-order chi connectivity index (χ1) is 11.6. The molecule has 0 atom stereocenters. The highest BCUT2D eigenvalue weighted by Gasteiger charge is 2.10. The molecule has 24 heavy (non-hydrogen) atoms. The molecular formula is C17H19N3O3S. The topological polar surface area (TPSA) is 75.1 Å². The Kier molecular flexibility index (Phi) is 6.39. The minimum Gasteiger partial charge on any atom is -0.502 e. The van der Waals surface area contributed by atoms with E-state index in [-0.39, 0.29) is 5.75 Å². The largest absolute Gasteiger partial charge is 0.502 e. The summed E-state index contributed by atoms with van der Waals surface area (Å²) < 4.78 is 10.2. The van der Waals surface area contributed by atoms with Gasteiger partial charge in [-0.25, -0.2) is 0 Å². The maximum Gasteiger partial charge on any atom is 0.200 e. The van der Waals surface area contributed by atoms with Gasteiger partial charge in [0, 0.05) is 12.1 Å². The summed E-state index contributed by atoms with van der Waals surface area (Å²) in [5.74, 6) is 0.561. The number of phenolic OH excluding ortho intramolecular Hbond substituents is 1. The highest BCUT2D eigenvalue weighted by Crippen LogP contribution is 2.36. The molecule has 126 valence electrons. The van der Waals surface area contributed by atoms with Gasteiger partial charge in [-0.1, -0.05) is 30.3 Å². The highest BCUT2D eigenvalue weighted by atomic mass is 32.1. The minimum atomic E-state index is -0.0508. The molecule has 2 aromatic carbocycles. The van der Waals surface area contributed by atoms with Crippen molar-refractivity contribution in [2.24, 2.45) is 5.10 Å². The normalized spacial score (nSPS) is 10.4. The fourth-order valence-corrected chi connectivity index (χ4v) is 2.10. The van der Waals surface area contributed by atoms with Gasteiger partial charge >= 0.3 is 0 Å². The lowest BCUT2D eigenvalue weighted by Gasteiger charge is -2.09. The van der Waals surface area contributed by atoms with Gasteiger partial charge in [0.25, 0.3) is 0 Å². The lowest BCUT2D eigenvalue weighted by atomic mass is 10.2. The zero-order chi connectivity index (χ0) is 17.4. The van der Waals surface area contributed by atoms with E-state index in [2.05, 4.69) is 15.8 Å². The van der Waals surface area contributed by atoms with Crippen LogP contribution in [-0.2, 0) is 6.54 Å². The van der Waals surface area contributed by atoms with Crippen LogP contribution in [0.4, 0.5) is 0 Å². The van der Waals surface area contributed by atoms with Gasteiger partial charge in [-0.3, -0.25) is 5.43 Å². The number of ether oxygens (including phenoxy) is 2. The van der Waals surface area contributed by atoms with Crippen molar-refractivity contribution in [3.63, 3.8) is 0 Å². The van der Waals surface area contributed by atoms with Crippen LogP contribution in [0.2, 0.25) is 0 Å². The highest BCUT2D eigenvalue weighted by molar-refractivity contribution is 7.80. The fourth-order valence-electron chi connectivity index (χ4n) is 1.97. The van der Waals surface area contributed by atoms with Crippen LogP contribution in [0.1, 0.15) is 11.1 Å². The van der Waals surface area contributed by atoms with Crippen LogP contribution < -0.4 is 20.2 Å². The van der Waals surface area contributed by atoms with Crippen LogP contribution in [0.15, 0.2) is 47.6 Å². The Bertz CT molecular complexity index is 695. The molecule has 0 aliphatic rings. The average Bonchev–Trinajstić information content (AvgIpc) is 2.62. The quantitative estimate of drug-likeness (QED) is 0.424. The summed E-state index contributed by atoms with van der Waals surface area (Å²) in [6.07, 6.45) is 1.56. The number of benzene rings is 2. The lowest BCUT2D eigenvalue weighted by Crippen LogP contribution is -2.31. The predicted octanol–water partition coefficient (Wildman–Crippen LogP) is 2.41. The molecule has 0 aliphatic carbocycles. The molecule has 0 aliphatic heterocycles. The molecule has 6 nitrogen and oxygen atoms in total. The molecule has 0 saturated heterocycles. The van der Waals surface area contributed by atoms with Crippen LogP contribution in [0, 0.1) is 0 Å². The van der Waals surface area contributed by atoms with E-state index in [9.17, 15) is 5.11 Å². The van der Waals surface area contributed by atoms with Gasteiger partial charge in [0.2, 0.25) is 5.75 Å². The zero-order valence-corrected chi connectivity index (χ0v) is 14.3. The van der Waals surface area contributed by atoms with Crippen molar-refractivity contribution in [3.05, 3.63) is 53.6 Å². The standard InChI is InChI=1S/C17H19N3O3S/c1-22-14-8-13(9-15(23-2)16(14)21)11-19-20-17(24)18-10-12-6-4-3-5-7-12/h3-9,11,21H,10H2,1-2H3,(H2,18,20,24)/b19-11+.